The maximum absolute atomic E-state index is 9.98. The second kappa shape index (κ2) is 4.80. The highest BCUT2D eigenvalue weighted by Crippen LogP contribution is 2.14. The van der Waals surface area contributed by atoms with Gasteiger partial charge in [-0.2, -0.15) is 0 Å². The number of hydrazone groups is 1. The SMILES string of the molecule is COc1ccc(N/C(N)=N/[N+](=O)[O-])cc1. The standard InChI is InChI=1S/C8H10N4O3/c1-15-7-4-2-6(3-5-7)10-8(9)11-12(13)14/h2-5H,1H3,(H3,9,10,11). The van der Waals surface area contributed by atoms with Crippen LogP contribution in [0.1, 0.15) is 0 Å². The summed E-state index contributed by atoms with van der Waals surface area (Å²) in [6, 6.07) is 6.73. The lowest BCUT2D eigenvalue weighted by Crippen LogP contribution is -2.23. The molecule has 0 aliphatic heterocycles. The molecule has 0 spiro atoms. The third-order valence-corrected chi connectivity index (χ3v) is 1.55. The van der Waals surface area contributed by atoms with Gasteiger partial charge in [0.05, 0.1) is 7.11 Å². The number of hydrogen-bond acceptors (Lipinski definition) is 3. The Morgan fingerprint density at radius 1 is 1.53 bits per heavy atom. The first-order chi connectivity index (χ1) is 7.11. The number of benzene rings is 1. The van der Waals surface area contributed by atoms with Gasteiger partial charge in [-0.1, -0.05) is 0 Å². The zero-order valence-corrected chi connectivity index (χ0v) is 8.01. The van der Waals surface area contributed by atoms with Crippen LogP contribution >= 0.6 is 0 Å². The van der Waals surface area contributed by atoms with Gasteiger partial charge in [0.15, 0.2) is 5.03 Å². The van der Waals surface area contributed by atoms with Crippen LogP contribution in [0.2, 0.25) is 0 Å². The molecule has 0 radical (unpaired) electrons. The van der Waals surface area contributed by atoms with Crippen molar-refractivity contribution in [1.82, 2.24) is 0 Å². The number of nitrogens with one attached hydrogen (secondary N) is 1. The van der Waals surface area contributed by atoms with E-state index in [1.807, 2.05) is 0 Å². The first-order valence-corrected chi connectivity index (χ1v) is 4.01. The minimum absolute atomic E-state index is 0.273. The Morgan fingerprint density at radius 2 is 2.13 bits per heavy atom. The summed E-state index contributed by atoms with van der Waals surface area (Å²) in [5, 5.41) is 14.6. The van der Waals surface area contributed by atoms with E-state index in [4.69, 9.17) is 10.5 Å². The van der Waals surface area contributed by atoms with Crippen molar-refractivity contribution in [2.75, 3.05) is 12.4 Å². The van der Waals surface area contributed by atoms with Crippen molar-refractivity contribution in [1.29, 1.82) is 0 Å². The number of rotatable bonds is 3. The van der Waals surface area contributed by atoms with Gasteiger partial charge in [0.1, 0.15) is 10.9 Å². The summed E-state index contributed by atoms with van der Waals surface area (Å²) in [5.74, 6) is 0.413. The minimum Gasteiger partial charge on any atom is -0.497 e. The number of nitro groups is 1. The summed E-state index contributed by atoms with van der Waals surface area (Å²) in [6.45, 7) is 0. The van der Waals surface area contributed by atoms with Crippen molar-refractivity contribution in [3.8, 4) is 5.75 Å². The molecule has 3 N–H and O–H groups in total. The third-order valence-electron chi connectivity index (χ3n) is 1.55. The van der Waals surface area contributed by atoms with E-state index >= 15 is 0 Å². The van der Waals surface area contributed by atoms with Crippen molar-refractivity contribution in [3.05, 3.63) is 34.4 Å². The lowest BCUT2D eigenvalue weighted by Gasteiger charge is -2.03. The Hall–Kier alpha value is -2.31. The molecule has 80 valence electrons. The Balaban J connectivity index is 2.69. The van der Waals surface area contributed by atoms with Crippen molar-refractivity contribution in [2.24, 2.45) is 10.8 Å². The lowest BCUT2D eigenvalue weighted by atomic mass is 10.3. The van der Waals surface area contributed by atoms with Crippen molar-refractivity contribution in [3.63, 3.8) is 0 Å². The predicted octanol–water partition coefficient (Wildman–Crippen LogP) is 0.613. The normalized spacial score (nSPS) is 10.9. The van der Waals surface area contributed by atoms with Crippen molar-refractivity contribution < 1.29 is 9.77 Å². The van der Waals surface area contributed by atoms with Crippen LogP contribution in [-0.4, -0.2) is 18.1 Å². The van der Waals surface area contributed by atoms with Crippen LogP contribution in [0.15, 0.2) is 29.4 Å². The summed E-state index contributed by atoms with van der Waals surface area (Å²) in [6.07, 6.45) is 0. The maximum Gasteiger partial charge on any atom is 0.270 e. The van der Waals surface area contributed by atoms with Crippen LogP contribution in [-0.2, 0) is 0 Å². The highest BCUT2D eigenvalue weighted by Gasteiger charge is 1.99. The fourth-order valence-electron chi connectivity index (χ4n) is 0.935. The van der Waals surface area contributed by atoms with Gasteiger partial charge in [-0.3, -0.25) is 0 Å². The molecule has 0 aromatic heterocycles. The molecule has 1 rings (SSSR count). The zero-order chi connectivity index (χ0) is 11.3. The van der Waals surface area contributed by atoms with Crippen molar-refractivity contribution in [2.45, 2.75) is 0 Å². The van der Waals surface area contributed by atoms with Crippen LogP contribution in [0.4, 0.5) is 5.69 Å². The number of methoxy groups -OCH3 is 1. The van der Waals surface area contributed by atoms with Gasteiger partial charge in [0.2, 0.25) is 0 Å². The van der Waals surface area contributed by atoms with Crippen LogP contribution in [0.5, 0.6) is 5.75 Å². The van der Waals surface area contributed by atoms with Gasteiger partial charge in [0.25, 0.3) is 5.96 Å². The lowest BCUT2D eigenvalue weighted by molar-refractivity contribution is -0.485. The molecule has 0 amide bonds. The quantitative estimate of drug-likeness (QED) is 0.329. The molecular formula is C8H10N4O3. The van der Waals surface area contributed by atoms with Gasteiger partial charge < -0.3 is 15.8 Å². The topological polar surface area (TPSA) is 103 Å². The fraction of sp³-hybridized carbons (Fsp3) is 0.125. The van der Waals surface area contributed by atoms with Crippen LogP contribution in [0.3, 0.4) is 0 Å². The molecule has 15 heavy (non-hydrogen) atoms. The Morgan fingerprint density at radius 3 is 2.60 bits per heavy atom. The van der Waals surface area contributed by atoms with Gasteiger partial charge >= 0.3 is 0 Å². The molecular weight excluding hydrogens is 200 g/mol. The molecule has 1 aromatic carbocycles. The second-order valence-electron chi connectivity index (χ2n) is 2.58. The maximum atomic E-state index is 9.98. The molecule has 0 heterocycles. The smallest absolute Gasteiger partial charge is 0.270 e. The Bertz CT molecular complexity index is 374. The van der Waals surface area contributed by atoms with E-state index in [0.717, 1.165) is 0 Å². The monoisotopic (exact) mass is 210 g/mol. The molecule has 0 fully saturated rings. The molecule has 7 nitrogen and oxygen atoms in total. The highest BCUT2D eigenvalue weighted by molar-refractivity contribution is 5.91. The first kappa shape index (κ1) is 10.8. The zero-order valence-electron chi connectivity index (χ0n) is 8.01. The summed E-state index contributed by atoms with van der Waals surface area (Å²) in [7, 11) is 1.55. The molecule has 0 bridgehead atoms. The van der Waals surface area contributed by atoms with Crippen molar-refractivity contribution >= 4 is 11.6 Å². The third kappa shape index (κ3) is 3.51. The summed E-state index contributed by atoms with van der Waals surface area (Å²) >= 11 is 0. The summed E-state index contributed by atoms with van der Waals surface area (Å²) in [4.78, 5) is 9.98. The molecule has 7 heteroatoms. The van der Waals surface area contributed by atoms with E-state index in [0.29, 0.717) is 11.4 Å². The van der Waals surface area contributed by atoms with E-state index in [1.54, 1.807) is 31.4 Å². The minimum atomic E-state index is -0.869. The Labute approximate surface area is 85.7 Å². The highest BCUT2D eigenvalue weighted by atomic mass is 16.7. The number of anilines is 1. The number of guanidine groups is 1. The number of nitrogens with two attached hydrogens (primary N) is 1. The molecule has 0 aliphatic carbocycles. The van der Waals surface area contributed by atoms with E-state index < -0.39 is 5.03 Å². The van der Waals surface area contributed by atoms with E-state index in [9.17, 15) is 10.1 Å². The molecule has 1 aromatic rings. The van der Waals surface area contributed by atoms with Crippen LogP contribution in [0, 0.1) is 10.1 Å². The van der Waals surface area contributed by atoms with E-state index in [-0.39, 0.29) is 5.96 Å². The predicted molar refractivity (Wildman–Crippen MR) is 55.2 cm³/mol. The average molecular weight is 210 g/mol. The molecule has 0 atom stereocenters. The van der Waals surface area contributed by atoms with Gasteiger partial charge in [-0.15, -0.1) is 0 Å². The molecule has 0 aliphatic rings. The van der Waals surface area contributed by atoms with Gasteiger partial charge in [0, 0.05) is 5.69 Å². The number of hydrogen-bond donors (Lipinski definition) is 2. The fourth-order valence-corrected chi connectivity index (χ4v) is 0.935. The van der Waals surface area contributed by atoms with Gasteiger partial charge in [-0.25, -0.2) is 10.1 Å². The number of nitrogens with zero attached hydrogens (tertiary/aromatic N) is 2. The van der Waals surface area contributed by atoms with Gasteiger partial charge in [-0.05, 0) is 24.3 Å². The van der Waals surface area contributed by atoms with E-state index in [1.165, 1.54) is 0 Å². The number of ether oxygens (including phenoxy) is 1. The van der Waals surface area contributed by atoms with Crippen LogP contribution < -0.4 is 15.8 Å². The average Bonchev–Trinajstić information content (AvgIpc) is 2.17. The molecule has 0 saturated heterocycles. The first-order valence-electron chi connectivity index (χ1n) is 4.01. The second-order valence-corrected chi connectivity index (χ2v) is 2.58. The summed E-state index contributed by atoms with van der Waals surface area (Å²) in [5.41, 5.74) is 5.84. The molecule has 0 saturated carbocycles. The Kier molecular flexibility index (Phi) is 3.44. The molecule has 0 unspecified atom stereocenters. The van der Waals surface area contributed by atoms with Crippen LogP contribution in [0.25, 0.3) is 0 Å². The largest absolute Gasteiger partial charge is 0.497 e. The summed E-state index contributed by atoms with van der Waals surface area (Å²) < 4.78 is 4.94. The van der Waals surface area contributed by atoms with E-state index in [2.05, 4.69) is 10.4 Å².